The third-order valence-corrected chi connectivity index (χ3v) is 10.6. The number of anilines is 2. The van der Waals surface area contributed by atoms with Gasteiger partial charge >= 0.3 is 0 Å². The summed E-state index contributed by atoms with van der Waals surface area (Å²) < 4.78 is 22.1. The van der Waals surface area contributed by atoms with Gasteiger partial charge in [-0.1, -0.05) is 36.4 Å². The molecule has 18 nitrogen and oxygen atoms in total. The minimum atomic E-state index is -0.459. The molecule has 0 fully saturated rings. The summed E-state index contributed by atoms with van der Waals surface area (Å²) >= 11 is 0. The summed E-state index contributed by atoms with van der Waals surface area (Å²) in [6, 6.07) is 20.5. The van der Waals surface area contributed by atoms with Crippen LogP contribution < -0.4 is 29.6 Å². The highest BCUT2D eigenvalue weighted by Crippen LogP contribution is 2.41. The van der Waals surface area contributed by atoms with Gasteiger partial charge in [0.2, 0.25) is 24.6 Å². The first kappa shape index (κ1) is 47.9. The van der Waals surface area contributed by atoms with E-state index < -0.39 is 12.1 Å². The summed E-state index contributed by atoms with van der Waals surface area (Å²) in [6.45, 7) is 8.10. The quantitative estimate of drug-likeness (QED) is 0.0459. The number of carbonyl (C=O) groups excluding carboxylic acids is 6. The first-order valence-corrected chi connectivity index (χ1v) is 20.6. The summed E-state index contributed by atoms with van der Waals surface area (Å²) in [5.74, 6) is 1.20. The number of hydrogen-bond donors (Lipinski definition) is 4. The third kappa shape index (κ3) is 11.2. The van der Waals surface area contributed by atoms with Crippen molar-refractivity contribution < 1.29 is 58.1 Å². The molecule has 2 heterocycles. The van der Waals surface area contributed by atoms with E-state index in [-0.39, 0.29) is 36.7 Å². The first-order valence-electron chi connectivity index (χ1n) is 20.6. The number of benzene rings is 4. The van der Waals surface area contributed by atoms with Crippen LogP contribution in [0, 0.1) is 0 Å². The number of fused-ring (bicyclic) bond motifs is 2. The van der Waals surface area contributed by atoms with Crippen LogP contribution in [0.1, 0.15) is 95.6 Å². The van der Waals surface area contributed by atoms with Gasteiger partial charge < -0.3 is 39.4 Å². The van der Waals surface area contributed by atoms with Crippen molar-refractivity contribution in [2.24, 2.45) is 0 Å². The van der Waals surface area contributed by atoms with Gasteiger partial charge in [0.05, 0.1) is 75.1 Å². The van der Waals surface area contributed by atoms with Crippen LogP contribution in [0.15, 0.2) is 72.8 Å². The fourth-order valence-corrected chi connectivity index (χ4v) is 7.81. The molecule has 2 aliphatic rings. The van der Waals surface area contributed by atoms with Crippen LogP contribution >= 0.6 is 0 Å². The van der Waals surface area contributed by atoms with Crippen LogP contribution in [0.4, 0.5) is 11.4 Å². The highest BCUT2D eigenvalue weighted by molar-refractivity contribution is 6.07. The molecule has 0 saturated carbocycles. The summed E-state index contributed by atoms with van der Waals surface area (Å²) in [5.41, 5.74) is 4.95. The number of nitrogens with one attached hydrogen (secondary N) is 2. The van der Waals surface area contributed by atoms with Crippen molar-refractivity contribution in [1.29, 1.82) is 0 Å². The van der Waals surface area contributed by atoms with Gasteiger partial charge in [-0.15, -0.1) is 0 Å². The molecule has 0 radical (unpaired) electrons. The van der Waals surface area contributed by atoms with Crippen LogP contribution in [0.2, 0.25) is 0 Å². The fraction of sp³-hybridized carbons (Fsp3) is 0.348. The molecule has 4 N–H and O–H groups in total. The Labute approximate surface area is 371 Å². The number of hydrogen-bond acceptors (Lipinski definition) is 12. The lowest BCUT2D eigenvalue weighted by atomic mass is 10.0. The third-order valence-electron chi connectivity index (χ3n) is 10.6. The minimum Gasteiger partial charge on any atom is -0.493 e. The first-order chi connectivity index (χ1) is 30.8. The van der Waals surface area contributed by atoms with E-state index in [2.05, 4.69) is 10.6 Å². The van der Waals surface area contributed by atoms with E-state index in [1.54, 1.807) is 72.6 Å². The van der Waals surface area contributed by atoms with Gasteiger partial charge in [0, 0.05) is 26.9 Å². The summed E-state index contributed by atoms with van der Waals surface area (Å²) in [7, 11) is 3.10. The highest BCUT2D eigenvalue weighted by Gasteiger charge is 2.37. The molecule has 0 unspecified atom stereocenters. The largest absolute Gasteiger partial charge is 0.493 e. The topological polar surface area (TPSA) is 217 Å². The Balaban J connectivity index is 0.000000241. The molecule has 2 atom stereocenters. The maximum Gasteiger partial charge on any atom is 0.257 e. The number of ether oxygens (including phenoxy) is 4. The Morgan fingerprint density at radius 3 is 1.38 bits per heavy atom. The van der Waals surface area contributed by atoms with Gasteiger partial charge in [0.15, 0.2) is 23.0 Å². The second kappa shape index (κ2) is 22.3. The van der Waals surface area contributed by atoms with Crippen LogP contribution in [-0.2, 0) is 32.3 Å². The van der Waals surface area contributed by atoms with E-state index in [9.17, 15) is 39.2 Å². The van der Waals surface area contributed by atoms with Crippen molar-refractivity contribution in [1.82, 2.24) is 19.9 Å². The molecule has 6 rings (SSSR count). The van der Waals surface area contributed by atoms with Gasteiger partial charge in [0.1, 0.15) is 0 Å². The Bertz CT molecular complexity index is 2180. The van der Waals surface area contributed by atoms with Crippen molar-refractivity contribution in [2.75, 3.05) is 51.2 Å². The SMILES string of the molecule is CCOc1cc([C@@H](CCN(O)C=O)N2Cc3cccc(NC(C)=O)c3C2=O)ccc1OC.CCOc1cc([C@@H](CCN(O)C=O)N2Cc3cccc(NC(C)=O)c3C2=O)ccc1OC. The highest BCUT2D eigenvalue weighted by atomic mass is 16.5. The van der Waals surface area contributed by atoms with Crippen molar-refractivity contribution in [3.63, 3.8) is 0 Å². The molecule has 0 aromatic heterocycles. The molecule has 4 aromatic rings. The van der Waals surface area contributed by atoms with Crippen LogP contribution in [0.5, 0.6) is 23.0 Å². The molecule has 0 bridgehead atoms. The molecule has 0 saturated heterocycles. The van der Waals surface area contributed by atoms with E-state index >= 15 is 0 Å². The van der Waals surface area contributed by atoms with E-state index in [0.29, 0.717) is 108 Å². The predicted octanol–water partition coefficient (Wildman–Crippen LogP) is 5.97. The number of nitrogens with zero attached hydrogens (tertiary/aromatic N) is 4. The lowest BCUT2D eigenvalue weighted by Crippen LogP contribution is -2.32. The van der Waals surface area contributed by atoms with Gasteiger partial charge in [0.25, 0.3) is 11.8 Å². The normalized spacial score (nSPS) is 13.4. The lowest BCUT2D eigenvalue weighted by Gasteiger charge is -2.29. The second-order valence-electron chi connectivity index (χ2n) is 14.7. The number of rotatable bonds is 20. The van der Waals surface area contributed by atoms with E-state index in [1.165, 1.54) is 13.8 Å². The number of carbonyl (C=O) groups is 6. The van der Waals surface area contributed by atoms with Gasteiger partial charge in [-0.25, -0.2) is 10.1 Å². The van der Waals surface area contributed by atoms with E-state index in [1.807, 2.05) is 38.1 Å². The van der Waals surface area contributed by atoms with Crippen molar-refractivity contribution >= 4 is 47.8 Å². The summed E-state index contributed by atoms with van der Waals surface area (Å²) in [6.07, 6.45) is 1.24. The lowest BCUT2D eigenvalue weighted by molar-refractivity contribution is -0.150. The number of amides is 6. The molecular weight excluding hydrogens is 829 g/mol. The molecule has 6 amide bonds. The fourth-order valence-electron chi connectivity index (χ4n) is 7.81. The maximum atomic E-state index is 13.4. The number of hydroxylamine groups is 4. The van der Waals surface area contributed by atoms with Gasteiger partial charge in [-0.3, -0.25) is 39.2 Å². The molecule has 340 valence electrons. The minimum absolute atomic E-state index is 0.0306. The zero-order chi connectivity index (χ0) is 46.5. The molecule has 64 heavy (non-hydrogen) atoms. The average Bonchev–Trinajstić information content (AvgIpc) is 3.80. The molecular formula is C46H54N6O12. The molecule has 4 aromatic carbocycles. The Morgan fingerprint density at radius 2 is 1.05 bits per heavy atom. The maximum absolute atomic E-state index is 13.4. The Hall–Kier alpha value is -7.18. The zero-order valence-corrected chi connectivity index (χ0v) is 36.7. The van der Waals surface area contributed by atoms with Crippen molar-refractivity contribution in [3.8, 4) is 23.0 Å². The smallest absolute Gasteiger partial charge is 0.257 e. The Morgan fingerprint density at radius 1 is 0.656 bits per heavy atom. The second-order valence-corrected chi connectivity index (χ2v) is 14.7. The Kier molecular flexibility index (Phi) is 16.6. The van der Waals surface area contributed by atoms with Crippen LogP contribution in [-0.4, -0.2) is 107 Å². The predicted molar refractivity (Wildman–Crippen MR) is 233 cm³/mol. The van der Waals surface area contributed by atoms with Gasteiger partial charge in [-0.2, -0.15) is 0 Å². The van der Waals surface area contributed by atoms with Crippen molar-refractivity contribution in [2.45, 2.75) is 65.7 Å². The number of methoxy groups -OCH3 is 2. The van der Waals surface area contributed by atoms with E-state index in [0.717, 1.165) is 22.3 Å². The van der Waals surface area contributed by atoms with Gasteiger partial charge in [-0.05, 0) is 85.3 Å². The molecule has 0 aliphatic carbocycles. The van der Waals surface area contributed by atoms with Crippen LogP contribution in [0.25, 0.3) is 0 Å². The van der Waals surface area contributed by atoms with Crippen molar-refractivity contribution in [3.05, 3.63) is 106 Å². The summed E-state index contributed by atoms with van der Waals surface area (Å²) in [4.78, 5) is 75.2. The van der Waals surface area contributed by atoms with E-state index in [4.69, 9.17) is 18.9 Å². The molecule has 18 heteroatoms. The average molecular weight is 883 g/mol. The molecule has 2 aliphatic heterocycles. The summed E-state index contributed by atoms with van der Waals surface area (Å²) in [5, 5.41) is 25.9. The zero-order valence-electron chi connectivity index (χ0n) is 36.7. The van der Waals surface area contributed by atoms with Crippen LogP contribution in [0.3, 0.4) is 0 Å². The standard InChI is InChI=1S/2C23H27N3O6/c2*1-4-32-21-12-16(8-9-20(21)31-3)19(10-11-25(30)14-27)26-13-17-6-5-7-18(24-15(2)28)22(17)23(26)29/h2*5-9,12,14,19,30H,4,10-11,13H2,1-3H3,(H,24,28)/t2*19-/m11/s1. The monoisotopic (exact) mass is 882 g/mol. The molecule has 0 spiro atoms.